The van der Waals surface area contributed by atoms with E-state index in [9.17, 15) is 14.0 Å². The summed E-state index contributed by atoms with van der Waals surface area (Å²) in [5, 5.41) is 5.44. The normalized spacial score (nSPS) is 10.9. The summed E-state index contributed by atoms with van der Waals surface area (Å²) < 4.78 is 18.2. The van der Waals surface area contributed by atoms with E-state index in [1.807, 2.05) is 32.9 Å². The summed E-state index contributed by atoms with van der Waals surface area (Å²) in [6, 6.07) is 12.8. The Hall–Kier alpha value is -2.89. The molecule has 0 saturated carbocycles. The topological polar surface area (TPSA) is 67.4 Å². The summed E-state index contributed by atoms with van der Waals surface area (Å²) in [5.41, 5.74) is 2.31. The molecule has 0 heterocycles. The van der Waals surface area contributed by atoms with Gasteiger partial charge in [-0.3, -0.25) is 4.79 Å². The van der Waals surface area contributed by atoms with Crippen LogP contribution in [-0.4, -0.2) is 12.0 Å². The third-order valence-electron chi connectivity index (χ3n) is 3.84. The minimum absolute atomic E-state index is 0.237. The van der Waals surface area contributed by atoms with Crippen LogP contribution in [0.5, 0.6) is 0 Å². The molecule has 2 amide bonds. The predicted molar refractivity (Wildman–Crippen MR) is 109 cm³/mol. The van der Waals surface area contributed by atoms with Gasteiger partial charge in [0.05, 0.1) is 0 Å². The Morgan fingerprint density at radius 3 is 2.14 bits per heavy atom. The van der Waals surface area contributed by atoms with Crippen molar-refractivity contribution in [3.8, 4) is 0 Å². The largest absolute Gasteiger partial charge is 0.457 e. The Balaban J connectivity index is 0.00000190. The van der Waals surface area contributed by atoms with E-state index in [-0.39, 0.29) is 23.9 Å². The van der Waals surface area contributed by atoms with Crippen molar-refractivity contribution >= 4 is 17.7 Å². The van der Waals surface area contributed by atoms with E-state index in [2.05, 4.69) is 10.6 Å². The van der Waals surface area contributed by atoms with Crippen LogP contribution in [0.25, 0.3) is 0 Å². The van der Waals surface area contributed by atoms with Crippen molar-refractivity contribution in [1.82, 2.24) is 5.32 Å². The van der Waals surface area contributed by atoms with E-state index in [4.69, 9.17) is 4.74 Å². The van der Waals surface area contributed by atoms with Gasteiger partial charge < -0.3 is 15.4 Å². The quantitative estimate of drug-likeness (QED) is 0.609. The fraction of sp³-hybridized carbons (Fsp3) is 0.364. The number of benzene rings is 2. The van der Waals surface area contributed by atoms with Crippen molar-refractivity contribution in [3.05, 3.63) is 65.5 Å². The van der Waals surface area contributed by atoms with Gasteiger partial charge in [0.1, 0.15) is 11.9 Å². The van der Waals surface area contributed by atoms with Crippen LogP contribution in [-0.2, 0) is 16.1 Å². The molecule has 0 aliphatic heterocycles. The van der Waals surface area contributed by atoms with E-state index < -0.39 is 0 Å². The number of rotatable bonds is 7. The number of anilines is 1. The Labute approximate surface area is 166 Å². The molecule has 2 N–H and O–H groups in total. The van der Waals surface area contributed by atoms with E-state index >= 15 is 0 Å². The highest BCUT2D eigenvalue weighted by atomic mass is 19.1. The first-order valence-corrected chi connectivity index (χ1v) is 9.60. The van der Waals surface area contributed by atoms with Gasteiger partial charge in [-0.05, 0) is 41.8 Å². The number of ether oxygens (including phenoxy) is 1. The molecular formula is C22H29FN2O3. The van der Waals surface area contributed by atoms with E-state index in [1.54, 1.807) is 31.2 Å². The molecule has 2 aromatic rings. The zero-order valence-electron chi connectivity index (χ0n) is 16.9. The molecule has 0 fully saturated rings. The SMILES string of the molecule is CC.CCC(=O)OC(CC)c1ccc(NC(=O)NCc2ccc(F)cc2)cc1. The summed E-state index contributed by atoms with van der Waals surface area (Å²) in [4.78, 5) is 23.4. The molecule has 2 aromatic carbocycles. The number of urea groups is 1. The molecule has 0 aliphatic carbocycles. The average molecular weight is 388 g/mol. The molecule has 0 aliphatic rings. The smallest absolute Gasteiger partial charge is 0.319 e. The second-order valence-corrected chi connectivity index (χ2v) is 5.80. The summed E-state index contributed by atoms with van der Waals surface area (Å²) in [5.74, 6) is -0.549. The molecule has 152 valence electrons. The van der Waals surface area contributed by atoms with Gasteiger partial charge >= 0.3 is 12.0 Å². The number of carbonyl (C=O) groups excluding carboxylic acids is 2. The number of hydrogen-bond donors (Lipinski definition) is 2. The highest BCUT2D eigenvalue weighted by molar-refractivity contribution is 5.89. The molecule has 6 heteroatoms. The number of hydrogen-bond acceptors (Lipinski definition) is 3. The van der Waals surface area contributed by atoms with Crippen LogP contribution < -0.4 is 10.6 Å². The lowest BCUT2D eigenvalue weighted by molar-refractivity contribution is -0.149. The molecule has 0 spiro atoms. The third kappa shape index (κ3) is 7.78. The van der Waals surface area contributed by atoms with Gasteiger partial charge in [-0.15, -0.1) is 0 Å². The number of carbonyl (C=O) groups is 2. The fourth-order valence-electron chi connectivity index (χ4n) is 2.37. The molecule has 0 radical (unpaired) electrons. The maximum absolute atomic E-state index is 12.9. The van der Waals surface area contributed by atoms with Crippen molar-refractivity contribution in [1.29, 1.82) is 0 Å². The van der Waals surface area contributed by atoms with Crippen molar-refractivity contribution in [2.24, 2.45) is 0 Å². The first-order valence-electron chi connectivity index (χ1n) is 9.60. The molecule has 0 bridgehead atoms. The van der Waals surface area contributed by atoms with Gasteiger partial charge in [-0.2, -0.15) is 0 Å². The minimum Gasteiger partial charge on any atom is -0.457 e. The standard InChI is InChI=1S/C20H23FN2O3.C2H6/c1-3-18(26-19(24)4-2)15-7-11-17(12-8-15)23-20(25)22-13-14-5-9-16(21)10-6-14;1-2/h5-12,18H,3-4,13H2,1-2H3,(H2,22,23,25);1-2H3. The zero-order chi connectivity index (χ0) is 20.9. The molecule has 5 nitrogen and oxygen atoms in total. The van der Waals surface area contributed by atoms with Crippen LogP contribution in [0.15, 0.2) is 48.5 Å². The minimum atomic E-state index is -0.355. The molecule has 0 aromatic heterocycles. The van der Waals surface area contributed by atoms with E-state index in [0.29, 0.717) is 25.1 Å². The van der Waals surface area contributed by atoms with Gasteiger partial charge in [0.15, 0.2) is 0 Å². The van der Waals surface area contributed by atoms with Gasteiger partial charge in [-0.25, -0.2) is 9.18 Å². The van der Waals surface area contributed by atoms with Crippen LogP contribution >= 0.6 is 0 Å². The number of esters is 1. The highest BCUT2D eigenvalue weighted by Gasteiger charge is 2.13. The molecule has 0 saturated heterocycles. The Bertz CT molecular complexity index is 730. The average Bonchev–Trinajstić information content (AvgIpc) is 2.73. The zero-order valence-corrected chi connectivity index (χ0v) is 16.9. The Kier molecular flexibility index (Phi) is 10.3. The second kappa shape index (κ2) is 12.5. The summed E-state index contributed by atoms with van der Waals surface area (Å²) in [7, 11) is 0. The van der Waals surface area contributed by atoms with Gasteiger partial charge in [0, 0.05) is 18.7 Å². The Morgan fingerprint density at radius 2 is 1.61 bits per heavy atom. The van der Waals surface area contributed by atoms with Gasteiger partial charge in [-0.1, -0.05) is 52.0 Å². The lowest BCUT2D eigenvalue weighted by Gasteiger charge is -2.16. The van der Waals surface area contributed by atoms with Gasteiger partial charge in [0.2, 0.25) is 0 Å². The van der Waals surface area contributed by atoms with Crippen LogP contribution in [0.2, 0.25) is 0 Å². The van der Waals surface area contributed by atoms with Crippen LogP contribution in [0, 0.1) is 5.82 Å². The Morgan fingerprint density at radius 1 is 1.00 bits per heavy atom. The monoisotopic (exact) mass is 388 g/mol. The maximum atomic E-state index is 12.9. The van der Waals surface area contributed by atoms with Crippen molar-refractivity contribution in [3.63, 3.8) is 0 Å². The lowest BCUT2D eigenvalue weighted by Crippen LogP contribution is -2.28. The first-order chi connectivity index (χ1) is 13.5. The number of amides is 2. The van der Waals surface area contributed by atoms with Crippen molar-refractivity contribution in [2.45, 2.75) is 53.2 Å². The van der Waals surface area contributed by atoms with Crippen LogP contribution in [0.3, 0.4) is 0 Å². The van der Waals surface area contributed by atoms with Gasteiger partial charge in [0.25, 0.3) is 0 Å². The van der Waals surface area contributed by atoms with Crippen molar-refractivity contribution in [2.75, 3.05) is 5.32 Å². The molecule has 28 heavy (non-hydrogen) atoms. The lowest BCUT2D eigenvalue weighted by atomic mass is 10.1. The molecular weight excluding hydrogens is 359 g/mol. The fourth-order valence-corrected chi connectivity index (χ4v) is 2.37. The molecule has 1 unspecified atom stereocenters. The summed E-state index contributed by atoms with van der Waals surface area (Å²) in [6.07, 6.45) is 0.727. The van der Waals surface area contributed by atoms with Crippen molar-refractivity contribution < 1.29 is 18.7 Å². The maximum Gasteiger partial charge on any atom is 0.319 e. The number of halogens is 1. The van der Waals surface area contributed by atoms with E-state index in [0.717, 1.165) is 11.1 Å². The van der Waals surface area contributed by atoms with Crippen LogP contribution in [0.1, 0.15) is 57.8 Å². The van der Waals surface area contributed by atoms with E-state index in [1.165, 1.54) is 12.1 Å². The molecule has 2 rings (SSSR count). The second-order valence-electron chi connectivity index (χ2n) is 5.80. The third-order valence-corrected chi connectivity index (χ3v) is 3.84. The molecule has 1 atom stereocenters. The summed E-state index contributed by atoms with van der Waals surface area (Å²) >= 11 is 0. The van der Waals surface area contributed by atoms with Crippen LogP contribution in [0.4, 0.5) is 14.9 Å². The number of nitrogens with one attached hydrogen (secondary N) is 2. The predicted octanol–water partition coefficient (Wildman–Crippen LogP) is 5.58. The highest BCUT2D eigenvalue weighted by Crippen LogP contribution is 2.23. The summed E-state index contributed by atoms with van der Waals surface area (Å²) in [6.45, 7) is 8.00. The first kappa shape index (κ1) is 23.1.